The van der Waals surface area contributed by atoms with Crippen LogP contribution < -0.4 is 10.8 Å². The highest BCUT2D eigenvalue weighted by Crippen LogP contribution is 2.31. The van der Waals surface area contributed by atoms with Crippen LogP contribution in [0.2, 0.25) is 0 Å². The maximum Gasteiger partial charge on any atom is 0.263 e. The molecular weight excluding hydrogens is 358 g/mol. The molecule has 7 nitrogen and oxygen atoms in total. The Balaban J connectivity index is 1.61. The highest BCUT2D eigenvalue weighted by atomic mass is 16.6. The third-order valence-electron chi connectivity index (χ3n) is 5.56. The minimum Gasteiger partial charge on any atom is -0.292 e. The average Bonchev–Trinajstić information content (AvgIpc) is 2.67. The van der Waals surface area contributed by atoms with Gasteiger partial charge in [-0.1, -0.05) is 62.4 Å². The molecule has 1 aromatic rings. The molecule has 3 rings (SSSR count). The van der Waals surface area contributed by atoms with Gasteiger partial charge in [-0.25, -0.2) is 5.48 Å². The van der Waals surface area contributed by atoms with E-state index in [1.807, 2.05) is 30.3 Å². The number of piperazine rings is 1. The predicted molar refractivity (Wildman–Crippen MR) is 104 cm³/mol. The summed E-state index contributed by atoms with van der Waals surface area (Å²) < 4.78 is 0. The van der Waals surface area contributed by atoms with E-state index in [-0.39, 0.29) is 25.0 Å². The molecule has 1 saturated carbocycles. The van der Waals surface area contributed by atoms with Gasteiger partial charge in [0.15, 0.2) is 0 Å². The van der Waals surface area contributed by atoms with Gasteiger partial charge in [0.25, 0.3) is 5.91 Å². The molecule has 1 spiro atoms. The molecular formula is C21H29N3O4. The van der Waals surface area contributed by atoms with Crippen molar-refractivity contribution in [3.05, 3.63) is 35.9 Å². The van der Waals surface area contributed by atoms with Crippen molar-refractivity contribution in [1.29, 1.82) is 0 Å². The van der Waals surface area contributed by atoms with Crippen LogP contribution in [0, 0.1) is 0 Å². The average molecular weight is 387 g/mol. The van der Waals surface area contributed by atoms with Crippen LogP contribution in [0.1, 0.15) is 57.4 Å². The topological polar surface area (TPSA) is 87.7 Å². The Bertz CT molecular complexity index is 699. The molecule has 1 heterocycles. The van der Waals surface area contributed by atoms with E-state index in [9.17, 15) is 14.4 Å². The second kappa shape index (κ2) is 9.30. The second-order valence-electron chi connectivity index (χ2n) is 7.74. The molecule has 3 amide bonds. The molecule has 1 aromatic carbocycles. The number of carbonyl (C=O) groups excluding carboxylic acids is 3. The van der Waals surface area contributed by atoms with E-state index in [0.717, 1.165) is 36.1 Å². The number of hydrogen-bond acceptors (Lipinski definition) is 5. The molecule has 1 aliphatic carbocycles. The van der Waals surface area contributed by atoms with Crippen molar-refractivity contribution >= 4 is 17.7 Å². The third-order valence-corrected chi connectivity index (χ3v) is 5.56. The van der Waals surface area contributed by atoms with Gasteiger partial charge in [0.1, 0.15) is 6.54 Å². The quantitative estimate of drug-likeness (QED) is 0.597. The molecule has 1 atom stereocenters. The molecule has 0 bridgehead atoms. The van der Waals surface area contributed by atoms with E-state index >= 15 is 0 Å². The number of nitrogens with one attached hydrogen (secondary N) is 2. The SMILES string of the molecule is C[C@@H]1NC2(CCCCCCC2)C(=O)N(CC(=O)NOCc2ccccc2)C1=O. The summed E-state index contributed by atoms with van der Waals surface area (Å²) in [6, 6.07) is 8.94. The maximum absolute atomic E-state index is 13.2. The van der Waals surface area contributed by atoms with Crippen LogP contribution in [0.5, 0.6) is 0 Å². The number of rotatable bonds is 5. The van der Waals surface area contributed by atoms with Gasteiger partial charge in [-0.05, 0) is 25.3 Å². The van der Waals surface area contributed by atoms with Gasteiger partial charge in [-0.3, -0.25) is 29.4 Å². The molecule has 1 saturated heterocycles. The first-order chi connectivity index (χ1) is 13.5. The van der Waals surface area contributed by atoms with Gasteiger partial charge in [0.05, 0.1) is 18.2 Å². The van der Waals surface area contributed by atoms with Crippen LogP contribution in [0.15, 0.2) is 30.3 Å². The molecule has 152 valence electrons. The van der Waals surface area contributed by atoms with Gasteiger partial charge >= 0.3 is 0 Å². The minimum absolute atomic E-state index is 0.219. The lowest BCUT2D eigenvalue weighted by Crippen LogP contribution is -2.70. The zero-order valence-electron chi connectivity index (χ0n) is 16.4. The number of imide groups is 1. The second-order valence-corrected chi connectivity index (χ2v) is 7.74. The first kappa shape index (κ1) is 20.5. The van der Waals surface area contributed by atoms with Gasteiger partial charge < -0.3 is 0 Å². The van der Waals surface area contributed by atoms with Crippen molar-refractivity contribution in [2.45, 2.75) is 70.1 Å². The van der Waals surface area contributed by atoms with Crippen LogP contribution in [0.3, 0.4) is 0 Å². The lowest BCUT2D eigenvalue weighted by atomic mass is 9.80. The first-order valence-corrected chi connectivity index (χ1v) is 10.1. The Morgan fingerprint density at radius 1 is 1.14 bits per heavy atom. The summed E-state index contributed by atoms with van der Waals surface area (Å²) in [6.45, 7) is 1.66. The van der Waals surface area contributed by atoms with Gasteiger partial charge in [0, 0.05) is 0 Å². The summed E-state index contributed by atoms with van der Waals surface area (Å²) in [4.78, 5) is 44.4. The van der Waals surface area contributed by atoms with Crippen LogP contribution in [0.25, 0.3) is 0 Å². The van der Waals surface area contributed by atoms with Gasteiger partial charge in [-0.2, -0.15) is 0 Å². The Morgan fingerprint density at radius 3 is 2.46 bits per heavy atom. The van der Waals surface area contributed by atoms with Crippen molar-refractivity contribution in [2.75, 3.05) is 6.54 Å². The maximum atomic E-state index is 13.2. The van der Waals surface area contributed by atoms with Crippen molar-refractivity contribution in [3.8, 4) is 0 Å². The fourth-order valence-electron chi connectivity index (χ4n) is 4.10. The standard InChI is InChI=1S/C21H29N3O4/c1-16-19(26)24(14-18(25)23-28-15-17-10-6-5-7-11-17)20(27)21(22-16)12-8-3-2-4-9-13-21/h5-7,10-11,16,22H,2-4,8-9,12-15H2,1H3,(H,23,25)/t16-/m0/s1. The van der Waals surface area contributed by atoms with Crippen LogP contribution in [-0.2, 0) is 25.8 Å². The van der Waals surface area contributed by atoms with Crippen LogP contribution >= 0.6 is 0 Å². The van der Waals surface area contributed by atoms with Gasteiger partial charge in [0.2, 0.25) is 11.8 Å². The number of hydrogen-bond donors (Lipinski definition) is 2. The predicted octanol–water partition coefficient (Wildman–Crippen LogP) is 2.06. The van der Waals surface area contributed by atoms with Crippen LogP contribution in [0.4, 0.5) is 0 Å². The molecule has 2 aliphatic rings. The highest BCUT2D eigenvalue weighted by Gasteiger charge is 2.49. The molecule has 0 aromatic heterocycles. The minimum atomic E-state index is -0.737. The van der Waals surface area contributed by atoms with Crippen molar-refractivity contribution in [3.63, 3.8) is 0 Å². The van der Waals surface area contributed by atoms with E-state index in [2.05, 4.69) is 10.8 Å². The summed E-state index contributed by atoms with van der Waals surface area (Å²) in [5, 5.41) is 3.26. The van der Waals surface area contributed by atoms with Crippen molar-refractivity contribution in [2.24, 2.45) is 0 Å². The van der Waals surface area contributed by atoms with Crippen molar-refractivity contribution < 1.29 is 19.2 Å². The zero-order chi connectivity index (χ0) is 20.0. The highest BCUT2D eigenvalue weighted by molar-refractivity contribution is 6.06. The molecule has 0 unspecified atom stereocenters. The molecule has 1 aliphatic heterocycles. The number of hydroxylamine groups is 1. The van der Waals surface area contributed by atoms with E-state index in [1.165, 1.54) is 6.42 Å². The summed E-state index contributed by atoms with van der Waals surface area (Å²) in [7, 11) is 0. The Morgan fingerprint density at radius 2 is 1.79 bits per heavy atom. The van der Waals surface area contributed by atoms with E-state index in [4.69, 9.17) is 4.84 Å². The number of benzene rings is 1. The Labute approximate surface area is 165 Å². The first-order valence-electron chi connectivity index (χ1n) is 10.1. The molecule has 0 radical (unpaired) electrons. The lowest BCUT2D eigenvalue weighted by Gasteiger charge is -2.44. The summed E-state index contributed by atoms with van der Waals surface area (Å²) in [6.07, 6.45) is 6.65. The van der Waals surface area contributed by atoms with Gasteiger partial charge in [-0.15, -0.1) is 0 Å². The summed E-state index contributed by atoms with van der Waals surface area (Å²) in [5.41, 5.74) is 2.52. The molecule has 2 N–H and O–H groups in total. The fourth-order valence-corrected chi connectivity index (χ4v) is 4.10. The third kappa shape index (κ3) is 4.77. The van der Waals surface area contributed by atoms with E-state index < -0.39 is 17.5 Å². The molecule has 28 heavy (non-hydrogen) atoms. The van der Waals surface area contributed by atoms with E-state index in [1.54, 1.807) is 6.92 Å². The van der Waals surface area contributed by atoms with Crippen molar-refractivity contribution in [1.82, 2.24) is 15.7 Å². The normalized spacial score (nSPS) is 22.6. The number of carbonyl (C=O) groups is 3. The smallest absolute Gasteiger partial charge is 0.263 e. The fraction of sp³-hybridized carbons (Fsp3) is 0.571. The lowest BCUT2D eigenvalue weighted by molar-refractivity contribution is -0.161. The largest absolute Gasteiger partial charge is 0.292 e. The van der Waals surface area contributed by atoms with Crippen LogP contribution in [-0.4, -0.2) is 40.7 Å². The molecule has 2 fully saturated rings. The monoisotopic (exact) mass is 387 g/mol. The summed E-state index contributed by atoms with van der Waals surface area (Å²) >= 11 is 0. The van der Waals surface area contributed by atoms with E-state index in [0.29, 0.717) is 12.8 Å². The summed E-state index contributed by atoms with van der Waals surface area (Å²) in [5.74, 6) is -1.15. The Hall–Kier alpha value is -2.25. The number of amides is 3. The molecule has 7 heteroatoms. The zero-order valence-corrected chi connectivity index (χ0v) is 16.4. The Kier molecular flexibility index (Phi) is 6.80. The number of nitrogens with zero attached hydrogens (tertiary/aromatic N) is 1.